The van der Waals surface area contributed by atoms with Crippen LogP contribution in [-0.4, -0.2) is 16.1 Å². The molecule has 0 aliphatic heterocycles. The Hall–Kier alpha value is -1.88. The molecule has 2 aromatic rings. The first-order valence-corrected chi connectivity index (χ1v) is 6.84. The van der Waals surface area contributed by atoms with E-state index >= 15 is 0 Å². The van der Waals surface area contributed by atoms with Crippen molar-refractivity contribution in [3.05, 3.63) is 39.9 Å². The molecular formula is C14H16N2O2S. The fraction of sp³-hybridized carbons (Fsp3) is 0.286. The largest absolute Gasteiger partial charge is 0.481 e. The Kier molecular flexibility index (Phi) is 3.85. The maximum atomic E-state index is 10.6. The van der Waals surface area contributed by atoms with Gasteiger partial charge in [0.25, 0.3) is 0 Å². The Morgan fingerprint density at radius 3 is 2.53 bits per heavy atom. The van der Waals surface area contributed by atoms with E-state index in [1.54, 1.807) is 5.38 Å². The molecule has 0 radical (unpaired) electrons. The van der Waals surface area contributed by atoms with Crippen LogP contribution in [0.3, 0.4) is 0 Å². The molecule has 4 nitrogen and oxygen atoms in total. The van der Waals surface area contributed by atoms with Crippen LogP contribution in [0.25, 0.3) is 0 Å². The van der Waals surface area contributed by atoms with Crippen LogP contribution in [0.15, 0.2) is 17.5 Å². The van der Waals surface area contributed by atoms with Crippen LogP contribution in [0.5, 0.6) is 0 Å². The van der Waals surface area contributed by atoms with E-state index < -0.39 is 5.97 Å². The van der Waals surface area contributed by atoms with E-state index in [1.807, 2.05) is 13.8 Å². The van der Waals surface area contributed by atoms with Gasteiger partial charge in [0.2, 0.25) is 0 Å². The topological polar surface area (TPSA) is 62.2 Å². The van der Waals surface area contributed by atoms with Crippen molar-refractivity contribution < 1.29 is 9.90 Å². The van der Waals surface area contributed by atoms with E-state index in [2.05, 4.69) is 29.4 Å². The van der Waals surface area contributed by atoms with E-state index in [9.17, 15) is 4.79 Å². The van der Waals surface area contributed by atoms with Gasteiger partial charge in [0.1, 0.15) is 0 Å². The number of hydrogen-bond acceptors (Lipinski definition) is 4. The third-order valence-electron chi connectivity index (χ3n) is 2.79. The molecule has 0 saturated carbocycles. The number of nitrogens with zero attached hydrogens (tertiary/aromatic N) is 1. The lowest BCUT2D eigenvalue weighted by atomic mass is 10.1. The summed E-state index contributed by atoms with van der Waals surface area (Å²) in [7, 11) is 0. The second-order valence-electron chi connectivity index (χ2n) is 4.61. The Morgan fingerprint density at radius 2 is 1.95 bits per heavy atom. The van der Waals surface area contributed by atoms with Gasteiger partial charge in [-0.2, -0.15) is 0 Å². The summed E-state index contributed by atoms with van der Waals surface area (Å²) in [6.45, 7) is 6.17. The van der Waals surface area contributed by atoms with Crippen molar-refractivity contribution in [2.45, 2.75) is 27.2 Å². The summed E-state index contributed by atoms with van der Waals surface area (Å²) < 4.78 is 0. The summed E-state index contributed by atoms with van der Waals surface area (Å²) in [5, 5.41) is 14.5. The van der Waals surface area contributed by atoms with E-state index in [0.717, 1.165) is 21.9 Å². The third kappa shape index (κ3) is 3.32. The molecule has 0 amide bonds. The predicted octanol–water partition coefficient (Wildman–Crippen LogP) is 3.44. The molecule has 1 aromatic carbocycles. The maximum Gasteiger partial charge on any atom is 0.309 e. The molecule has 2 rings (SSSR count). The third-order valence-corrected chi connectivity index (χ3v) is 3.60. The minimum atomic E-state index is -0.862. The van der Waals surface area contributed by atoms with Crippen molar-refractivity contribution in [3.63, 3.8) is 0 Å². The summed E-state index contributed by atoms with van der Waals surface area (Å²) in [4.78, 5) is 14.9. The van der Waals surface area contributed by atoms with E-state index in [4.69, 9.17) is 5.11 Å². The van der Waals surface area contributed by atoms with Crippen molar-refractivity contribution in [2.75, 3.05) is 5.32 Å². The minimum absolute atomic E-state index is 0.0377. The van der Waals surface area contributed by atoms with E-state index in [1.165, 1.54) is 16.9 Å². The van der Waals surface area contributed by atoms with Gasteiger partial charge in [0.05, 0.1) is 12.1 Å². The molecule has 0 atom stereocenters. The van der Waals surface area contributed by atoms with Crippen LogP contribution in [0, 0.1) is 20.8 Å². The van der Waals surface area contributed by atoms with E-state index in [0.29, 0.717) is 5.69 Å². The number of aromatic nitrogens is 1. The number of carboxylic acid groups (broad SMARTS) is 1. The lowest BCUT2D eigenvalue weighted by Gasteiger charge is -2.11. The zero-order chi connectivity index (χ0) is 14.0. The van der Waals surface area contributed by atoms with Gasteiger partial charge in [-0.25, -0.2) is 4.98 Å². The van der Waals surface area contributed by atoms with Crippen molar-refractivity contribution in [1.29, 1.82) is 0 Å². The Morgan fingerprint density at radius 1 is 1.32 bits per heavy atom. The molecule has 5 heteroatoms. The molecular weight excluding hydrogens is 260 g/mol. The summed E-state index contributed by atoms with van der Waals surface area (Å²) >= 11 is 1.42. The number of carbonyl (C=O) groups is 1. The van der Waals surface area contributed by atoms with Gasteiger partial charge in [-0.15, -0.1) is 11.3 Å². The van der Waals surface area contributed by atoms with Crippen LogP contribution in [-0.2, 0) is 11.2 Å². The Bertz CT molecular complexity index is 597. The highest BCUT2D eigenvalue weighted by atomic mass is 32.1. The van der Waals surface area contributed by atoms with Gasteiger partial charge in [0.15, 0.2) is 5.13 Å². The summed E-state index contributed by atoms with van der Waals surface area (Å²) in [6.07, 6.45) is -0.0377. The fourth-order valence-corrected chi connectivity index (χ4v) is 2.80. The van der Waals surface area contributed by atoms with Gasteiger partial charge in [-0.1, -0.05) is 17.7 Å². The average Bonchev–Trinajstić information content (AvgIpc) is 2.70. The standard InChI is InChI=1S/C14H16N2O2S/c1-8-4-9(2)13(10(3)5-8)16-14-15-11(7-19-14)6-12(17)18/h4-5,7H,6H2,1-3H3,(H,15,16)(H,17,18). The van der Waals surface area contributed by atoms with Crippen LogP contribution in [0.4, 0.5) is 10.8 Å². The monoisotopic (exact) mass is 276 g/mol. The molecule has 0 aliphatic carbocycles. The molecule has 0 saturated heterocycles. The summed E-state index contributed by atoms with van der Waals surface area (Å²) in [5.41, 5.74) is 5.18. The first-order chi connectivity index (χ1) is 8.95. The van der Waals surface area contributed by atoms with Crippen LogP contribution in [0.1, 0.15) is 22.4 Å². The highest BCUT2D eigenvalue weighted by Crippen LogP contribution is 2.27. The second kappa shape index (κ2) is 5.40. The van der Waals surface area contributed by atoms with Gasteiger partial charge in [0, 0.05) is 11.1 Å². The quantitative estimate of drug-likeness (QED) is 0.898. The van der Waals surface area contributed by atoms with Crippen LogP contribution < -0.4 is 5.32 Å². The first kappa shape index (κ1) is 13.5. The van der Waals surface area contributed by atoms with Gasteiger partial charge >= 0.3 is 5.97 Å². The smallest absolute Gasteiger partial charge is 0.309 e. The minimum Gasteiger partial charge on any atom is -0.481 e. The van der Waals surface area contributed by atoms with Gasteiger partial charge in [-0.05, 0) is 31.9 Å². The maximum absolute atomic E-state index is 10.6. The molecule has 1 aromatic heterocycles. The van der Waals surface area contributed by atoms with Crippen molar-refractivity contribution in [1.82, 2.24) is 4.98 Å². The number of hydrogen-bond donors (Lipinski definition) is 2. The molecule has 2 N–H and O–H groups in total. The summed E-state index contributed by atoms with van der Waals surface area (Å²) in [6, 6.07) is 4.22. The van der Waals surface area contributed by atoms with Crippen LogP contribution >= 0.6 is 11.3 Å². The number of aryl methyl sites for hydroxylation is 3. The number of thiazole rings is 1. The number of anilines is 2. The molecule has 0 bridgehead atoms. The van der Waals surface area contributed by atoms with Crippen molar-refractivity contribution >= 4 is 28.1 Å². The first-order valence-electron chi connectivity index (χ1n) is 5.97. The number of benzene rings is 1. The van der Waals surface area contributed by atoms with Crippen LogP contribution in [0.2, 0.25) is 0 Å². The Labute approximate surface area is 116 Å². The lowest BCUT2D eigenvalue weighted by Crippen LogP contribution is -2.01. The lowest BCUT2D eigenvalue weighted by molar-refractivity contribution is -0.136. The molecule has 0 unspecified atom stereocenters. The van der Waals surface area contributed by atoms with Gasteiger partial charge < -0.3 is 10.4 Å². The molecule has 19 heavy (non-hydrogen) atoms. The fourth-order valence-electron chi connectivity index (χ4n) is 2.08. The molecule has 0 spiro atoms. The number of nitrogens with one attached hydrogen (secondary N) is 1. The van der Waals surface area contributed by atoms with Crippen molar-refractivity contribution in [3.8, 4) is 0 Å². The highest BCUT2D eigenvalue weighted by Gasteiger charge is 2.09. The van der Waals surface area contributed by atoms with Crippen molar-refractivity contribution in [2.24, 2.45) is 0 Å². The zero-order valence-electron chi connectivity index (χ0n) is 11.2. The Balaban J connectivity index is 2.22. The average molecular weight is 276 g/mol. The molecule has 0 fully saturated rings. The predicted molar refractivity (Wildman–Crippen MR) is 77.4 cm³/mol. The zero-order valence-corrected chi connectivity index (χ0v) is 12.0. The molecule has 0 aliphatic rings. The van der Waals surface area contributed by atoms with E-state index in [-0.39, 0.29) is 6.42 Å². The molecule has 100 valence electrons. The SMILES string of the molecule is Cc1cc(C)c(Nc2nc(CC(=O)O)cs2)c(C)c1. The second-order valence-corrected chi connectivity index (χ2v) is 5.47. The molecule has 1 heterocycles. The normalized spacial score (nSPS) is 10.5. The highest BCUT2D eigenvalue weighted by molar-refractivity contribution is 7.13. The number of carboxylic acids is 1. The summed E-state index contributed by atoms with van der Waals surface area (Å²) in [5.74, 6) is -0.862. The number of rotatable bonds is 4. The van der Waals surface area contributed by atoms with Gasteiger partial charge in [-0.3, -0.25) is 4.79 Å². The number of aliphatic carboxylic acids is 1.